The van der Waals surface area contributed by atoms with E-state index in [9.17, 15) is 14.4 Å². The van der Waals surface area contributed by atoms with E-state index in [1.807, 2.05) is 30.3 Å². The molecule has 2 N–H and O–H groups in total. The van der Waals surface area contributed by atoms with Gasteiger partial charge in [-0.3, -0.25) is 9.59 Å². The summed E-state index contributed by atoms with van der Waals surface area (Å²) in [6.45, 7) is 1.37. The zero-order chi connectivity index (χ0) is 20.6. The fraction of sp³-hybridized carbons (Fsp3) is 0.318. The molecule has 152 valence electrons. The maximum absolute atomic E-state index is 12.5. The largest absolute Gasteiger partial charge is 0.493 e. The monoisotopic (exact) mass is 396 g/mol. The minimum atomic E-state index is -1.04. The first-order valence-electron chi connectivity index (χ1n) is 9.63. The number of para-hydroxylation sites is 1. The Balaban J connectivity index is 1.42. The van der Waals surface area contributed by atoms with Crippen LogP contribution in [0.1, 0.15) is 29.6 Å². The Kier molecular flexibility index (Phi) is 6.84. The predicted molar refractivity (Wildman–Crippen MR) is 108 cm³/mol. The third-order valence-electron chi connectivity index (χ3n) is 4.92. The summed E-state index contributed by atoms with van der Waals surface area (Å²) >= 11 is 0. The van der Waals surface area contributed by atoms with Gasteiger partial charge < -0.3 is 20.1 Å². The summed E-state index contributed by atoms with van der Waals surface area (Å²) in [5.74, 6) is -0.624. The Bertz CT molecular complexity index is 861. The van der Waals surface area contributed by atoms with Crippen molar-refractivity contribution in [2.75, 3.05) is 25.0 Å². The van der Waals surface area contributed by atoms with E-state index in [-0.39, 0.29) is 23.3 Å². The van der Waals surface area contributed by atoms with Crippen LogP contribution in [0.2, 0.25) is 0 Å². The molecule has 0 saturated carbocycles. The predicted octanol–water partition coefficient (Wildman–Crippen LogP) is 3.03. The molecule has 2 aromatic rings. The zero-order valence-electron chi connectivity index (χ0n) is 16.0. The number of nitrogens with zero attached hydrogens (tertiary/aromatic N) is 1. The van der Waals surface area contributed by atoms with Gasteiger partial charge in [0.2, 0.25) is 11.8 Å². The van der Waals surface area contributed by atoms with Crippen molar-refractivity contribution in [1.82, 2.24) is 4.90 Å². The van der Waals surface area contributed by atoms with E-state index in [1.165, 1.54) is 12.1 Å². The molecular weight excluding hydrogens is 372 g/mol. The van der Waals surface area contributed by atoms with Crippen molar-refractivity contribution in [2.45, 2.75) is 19.3 Å². The van der Waals surface area contributed by atoms with Crippen LogP contribution < -0.4 is 10.1 Å². The van der Waals surface area contributed by atoms with Crippen LogP contribution in [0.25, 0.3) is 0 Å². The van der Waals surface area contributed by atoms with E-state index in [0.29, 0.717) is 44.6 Å². The number of likely N-dealkylation sites (tertiary alicyclic amines) is 1. The number of aromatic carboxylic acids is 1. The lowest BCUT2D eigenvalue weighted by Crippen LogP contribution is -2.41. The summed E-state index contributed by atoms with van der Waals surface area (Å²) < 4.78 is 5.57. The van der Waals surface area contributed by atoms with Crippen LogP contribution in [0.3, 0.4) is 0 Å². The summed E-state index contributed by atoms with van der Waals surface area (Å²) in [7, 11) is 0. The minimum Gasteiger partial charge on any atom is -0.493 e. The number of nitrogens with one attached hydrogen (secondary N) is 1. The Labute approximate surface area is 169 Å². The number of rotatable bonds is 7. The summed E-state index contributed by atoms with van der Waals surface area (Å²) in [6.07, 6.45) is 1.46. The number of carboxylic acids is 1. The molecule has 1 heterocycles. The molecule has 0 radical (unpaired) electrons. The highest BCUT2D eigenvalue weighted by Crippen LogP contribution is 2.21. The van der Waals surface area contributed by atoms with Crippen molar-refractivity contribution < 1.29 is 24.2 Å². The second kappa shape index (κ2) is 9.73. The van der Waals surface area contributed by atoms with Gasteiger partial charge in [0, 0.05) is 24.7 Å². The van der Waals surface area contributed by atoms with Crippen LogP contribution in [0.15, 0.2) is 54.6 Å². The van der Waals surface area contributed by atoms with Crippen LogP contribution in [-0.4, -0.2) is 47.5 Å². The normalized spacial score (nSPS) is 14.3. The topological polar surface area (TPSA) is 95.9 Å². The van der Waals surface area contributed by atoms with Gasteiger partial charge in [-0.25, -0.2) is 4.79 Å². The van der Waals surface area contributed by atoms with Crippen molar-refractivity contribution in [3.8, 4) is 5.75 Å². The summed E-state index contributed by atoms with van der Waals surface area (Å²) in [5, 5.41) is 11.8. The van der Waals surface area contributed by atoms with Crippen molar-refractivity contribution in [2.24, 2.45) is 5.92 Å². The number of carbonyl (C=O) groups excluding carboxylic acids is 2. The zero-order valence-corrected chi connectivity index (χ0v) is 16.0. The molecule has 1 aliphatic heterocycles. The molecule has 7 nitrogen and oxygen atoms in total. The van der Waals surface area contributed by atoms with Crippen molar-refractivity contribution in [1.29, 1.82) is 0 Å². The summed E-state index contributed by atoms with van der Waals surface area (Å²) in [6, 6.07) is 15.5. The van der Waals surface area contributed by atoms with E-state index in [0.717, 1.165) is 5.75 Å². The van der Waals surface area contributed by atoms with Gasteiger partial charge in [0.05, 0.1) is 18.6 Å². The Morgan fingerprint density at radius 3 is 2.45 bits per heavy atom. The first kappa shape index (κ1) is 20.4. The smallest absolute Gasteiger partial charge is 0.335 e. The van der Waals surface area contributed by atoms with E-state index in [2.05, 4.69) is 5.32 Å². The van der Waals surface area contributed by atoms with E-state index in [4.69, 9.17) is 9.84 Å². The maximum atomic E-state index is 12.5. The maximum Gasteiger partial charge on any atom is 0.335 e. The standard InChI is InChI=1S/C22H24N2O5/c25-20(11-14-29-19-7-2-1-3-8-19)24-12-9-16(10-13-24)21(26)23-18-6-4-5-17(15-18)22(27)28/h1-8,15-16H,9-14H2,(H,23,26)(H,27,28). The third-order valence-corrected chi connectivity index (χ3v) is 4.92. The van der Waals surface area contributed by atoms with E-state index in [1.54, 1.807) is 17.0 Å². The molecule has 7 heteroatoms. The van der Waals surface area contributed by atoms with E-state index < -0.39 is 5.97 Å². The van der Waals surface area contributed by atoms with Crippen molar-refractivity contribution >= 4 is 23.5 Å². The molecule has 0 aliphatic carbocycles. The minimum absolute atomic E-state index is 0.0222. The average molecular weight is 396 g/mol. The SMILES string of the molecule is O=C(O)c1cccc(NC(=O)C2CCN(C(=O)CCOc3ccccc3)CC2)c1. The van der Waals surface area contributed by atoms with Crippen LogP contribution in [0, 0.1) is 5.92 Å². The van der Waals surface area contributed by atoms with Gasteiger partial charge >= 0.3 is 5.97 Å². The molecule has 1 saturated heterocycles. The van der Waals surface area contributed by atoms with Gasteiger partial charge in [0.25, 0.3) is 0 Å². The number of carbonyl (C=O) groups is 3. The molecule has 3 rings (SSSR count). The molecule has 0 unspecified atom stereocenters. The molecule has 29 heavy (non-hydrogen) atoms. The lowest BCUT2D eigenvalue weighted by atomic mass is 9.95. The fourth-order valence-corrected chi connectivity index (χ4v) is 3.30. The Morgan fingerprint density at radius 2 is 1.76 bits per heavy atom. The average Bonchev–Trinajstić information content (AvgIpc) is 2.74. The number of hydrogen-bond donors (Lipinski definition) is 2. The first-order valence-corrected chi connectivity index (χ1v) is 9.63. The molecule has 0 atom stereocenters. The molecule has 2 amide bonds. The first-order chi connectivity index (χ1) is 14.0. The Hall–Kier alpha value is -3.35. The lowest BCUT2D eigenvalue weighted by Gasteiger charge is -2.31. The van der Waals surface area contributed by atoms with Gasteiger partial charge in [0.1, 0.15) is 5.75 Å². The quantitative estimate of drug-likeness (QED) is 0.750. The van der Waals surface area contributed by atoms with Gasteiger partial charge in [0.15, 0.2) is 0 Å². The van der Waals surface area contributed by atoms with Crippen LogP contribution in [0.5, 0.6) is 5.75 Å². The molecule has 0 spiro atoms. The number of ether oxygens (including phenoxy) is 1. The van der Waals surface area contributed by atoms with E-state index >= 15 is 0 Å². The number of benzene rings is 2. The van der Waals surface area contributed by atoms with Gasteiger partial charge in [-0.05, 0) is 43.2 Å². The summed E-state index contributed by atoms with van der Waals surface area (Å²) in [5.41, 5.74) is 0.590. The number of amides is 2. The second-order valence-electron chi connectivity index (χ2n) is 6.94. The van der Waals surface area contributed by atoms with Crippen molar-refractivity contribution in [3.63, 3.8) is 0 Å². The van der Waals surface area contributed by atoms with Crippen molar-refractivity contribution in [3.05, 3.63) is 60.2 Å². The number of piperidine rings is 1. The van der Waals surface area contributed by atoms with Crippen LogP contribution in [-0.2, 0) is 9.59 Å². The fourth-order valence-electron chi connectivity index (χ4n) is 3.30. The molecule has 0 aromatic heterocycles. The molecule has 2 aromatic carbocycles. The van der Waals surface area contributed by atoms with Gasteiger partial charge in [-0.1, -0.05) is 24.3 Å². The number of hydrogen-bond acceptors (Lipinski definition) is 4. The van der Waals surface area contributed by atoms with Crippen LogP contribution in [0.4, 0.5) is 5.69 Å². The third kappa shape index (κ3) is 5.81. The Morgan fingerprint density at radius 1 is 1.03 bits per heavy atom. The lowest BCUT2D eigenvalue weighted by molar-refractivity contribution is -0.135. The highest BCUT2D eigenvalue weighted by Gasteiger charge is 2.27. The molecular formula is C22H24N2O5. The van der Waals surface area contributed by atoms with Gasteiger partial charge in [-0.15, -0.1) is 0 Å². The highest BCUT2D eigenvalue weighted by molar-refractivity contribution is 5.95. The van der Waals surface area contributed by atoms with Gasteiger partial charge in [-0.2, -0.15) is 0 Å². The molecule has 0 bridgehead atoms. The van der Waals surface area contributed by atoms with Crippen LogP contribution >= 0.6 is 0 Å². The highest BCUT2D eigenvalue weighted by atomic mass is 16.5. The second-order valence-corrected chi connectivity index (χ2v) is 6.94. The summed E-state index contributed by atoms with van der Waals surface area (Å²) in [4.78, 5) is 37.6. The molecule has 1 fully saturated rings. The molecule has 1 aliphatic rings. The number of anilines is 1. The number of carboxylic acid groups (broad SMARTS) is 1.